The van der Waals surface area contributed by atoms with Gasteiger partial charge in [-0.3, -0.25) is 0 Å². The second kappa shape index (κ2) is 6.80. The van der Waals surface area contributed by atoms with E-state index in [-0.39, 0.29) is 11.6 Å². The predicted molar refractivity (Wildman–Crippen MR) is 103 cm³/mol. The molecule has 1 unspecified atom stereocenters. The molecule has 6 heteroatoms. The lowest BCUT2D eigenvalue weighted by atomic mass is 10.0. The van der Waals surface area contributed by atoms with Crippen molar-refractivity contribution in [2.45, 2.75) is 19.9 Å². The Morgan fingerprint density at radius 2 is 2.00 bits per heavy atom. The number of nitrogens with zero attached hydrogens (tertiary/aromatic N) is 1. The first-order valence-corrected chi connectivity index (χ1v) is 9.51. The highest BCUT2D eigenvalue weighted by Crippen LogP contribution is 2.34. The van der Waals surface area contributed by atoms with Crippen molar-refractivity contribution in [2.24, 2.45) is 0 Å². The molecule has 0 fully saturated rings. The van der Waals surface area contributed by atoms with E-state index in [1.165, 1.54) is 6.07 Å². The van der Waals surface area contributed by atoms with Crippen LogP contribution in [0.15, 0.2) is 42.6 Å². The van der Waals surface area contributed by atoms with Gasteiger partial charge in [-0.1, -0.05) is 12.1 Å². The summed E-state index contributed by atoms with van der Waals surface area (Å²) in [6.45, 7) is 4.17. The van der Waals surface area contributed by atoms with Crippen molar-refractivity contribution >= 4 is 33.8 Å². The third-order valence-electron chi connectivity index (χ3n) is 4.12. The SMILES string of the molecule is CC(C)n1cc(-c2ccc(C=N)c(F)c2)c2ccc(NS(C)=O)cc21. The topological polar surface area (TPSA) is 57.9 Å². The van der Waals surface area contributed by atoms with E-state index in [2.05, 4.69) is 23.1 Å². The predicted octanol–water partition coefficient (Wildman–Crippen LogP) is 4.73. The third kappa shape index (κ3) is 3.35. The van der Waals surface area contributed by atoms with Crippen LogP contribution in [-0.4, -0.2) is 21.2 Å². The average Bonchev–Trinajstić information content (AvgIpc) is 2.93. The molecule has 0 saturated heterocycles. The first-order valence-electron chi connectivity index (χ1n) is 7.95. The van der Waals surface area contributed by atoms with E-state index < -0.39 is 16.8 Å². The van der Waals surface area contributed by atoms with Gasteiger partial charge in [0.05, 0.1) is 5.52 Å². The molecule has 0 amide bonds. The van der Waals surface area contributed by atoms with Gasteiger partial charge in [-0.15, -0.1) is 0 Å². The maximum atomic E-state index is 14.1. The number of fused-ring (bicyclic) bond motifs is 1. The fraction of sp³-hybridized carbons (Fsp3) is 0.211. The summed E-state index contributed by atoms with van der Waals surface area (Å²) in [5.41, 5.74) is 3.76. The summed E-state index contributed by atoms with van der Waals surface area (Å²) >= 11 is 0. The zero-order chi connectivity index (χ0) is 18.1. The second-order valence-corrected chi connectivity index (χ2v) is 7.32. The van der Waals surface area contributed by atoms with Crippen LogP contribution < -0.4 is 4.72 Å². The van der Waals surface area contributed by atoms with Gasteiger partial charge < -0.3 is 14.7 Å². The molecule has 2 N–H and O–H groups in total. The Morgan fingerprint density at radius 1 is 1.24 bits per heavy atom. The van der Waals surface area contributed by atoms with Crippen LogP contribution in [0.2, 0.25) is 0 Å². The van der Waals surface area contributed by atoms with Crippen molar-refractivity contribution in [2.75, 3.05) is 11.0 Å². The van der Waals surface area contributed by atoms with Crippen LogP contribution in [0.5, 0.6) is 0 Å². The van der Waals surface area contributed by atoms with Gasteiger partial charge in [-0.05, 0) is 43.7 Å². The van der Waals surface area contributed by atoms with E-state index >= 15 is 0 Å². The minimum absolute atomic E-state index is 0.226. The fourth-order valence-electron chi connectivity index (χ4n) is 2.95. The van der Waals surface area contributed by atoms with Crippen molar-refractivity contribution in [1.82, 2.24) is 4.57 Å². The van der Waals surface area contributed by atoms with Crippen LogP contribution in [0.3, 0.4) is 0 Å². The van der Waals surface area contributed by atoms with E-state index in [4.69, 9.17) is 5.41 Å². The molecular formula is C19H20FN3OS. The minimum Gasteiger partial charge on any atom is -0.344 e. The van der Waals surface area contributed by atoms with E-state index in [1.807, 2.05) is 30.5 Å². The number of nitrogens with one attached hydrogen (secondary N) is 2. The molecule has 4 nitrogen and oxygen atoms in total. The van der Waals surface area contributed by atoms with E-state index in [0.717, 1.165) is 33.9 Å². The zero-order valence-electron chi connectivity index (χ0n) is 14.3. The molecule has 0 radical (unpaired) electrons. The molecule has 0 saturated carbocycles. The molecule has 1 atom stereocenters. The fourth-order valence-corrected chi connectivity index (χ4v) is 3.41. The maximum Gasteiger partial charge on any atom is 0.132 e. The molecular weight excluding hydrogens is 337 g/mol. The molecule has 1 heterocycles. The number of hydrogen-bond acceptors (Lipinski definition) is 2. The summed E-state index contributed by atoms with van der Waals surface area (Å²) in [7, 11) is -1.14. The van der Waals surface area contributed by atoms with Crippen molar-refractivity contribution in [1.29, 1.82) is 5.41 Å². The van der Waals surface area contributed by atoms with Gasteiger partial charge in [-0.2, -0.15) is 0 Å². The first kappa shape index (κ1) is 17.4. The molecule has 2 aromatic carbocycles. The molecule has 0 aliphatic heterocycles. The lowest BCUT2D eigenvalue weighted by Gasteiger charge is -2.10. The van der Waals surface area contributed by atoms with Crippen LogP contribution in [-0.2, 0) is 11.0 Å². The van der Waals surface area contributed by atoms with Crippen molar-refractivity contribution in [3.8, 4) is 11.1 Å². The number of anilines is 1. The highest BCUT2D eigenvalue weighted by atomic mass is 32.2. The number of benzene rings is 2. The zero-order valence-corrected chi connectivity index (χ0v) is 15.2. The Morgan fingerprint density at radius 3 is 2.60 bits per heavy atom. The first-order chi connectivity index (χ1) is 11.9. The lowest BCUT2D eigenvalue weighted by molar-refractivity contribution is 0.623. The van der Waals surface area contributed by atoms with Crippen LogP contribution in [0.1, 0.15) is 25.5 Å². The smallest absolute Gasteiger partial charge is 0.132 e. The monoisotopic (exact) mass is 357 g/mol. The number of hydrogen-bond donors (Lipinski definition) is 2. The molecule has 0 aliphatic rings. The highest BCUT2D eigenvalue weighted by Gasteiger charge is 2.14. The molecule has 0 bridgehead atoms. The summed E-state index contributed by atoms with van der Waals surface area (Å²) in [6, 6.07) is 10.9. The van der Waals surface area contributed by atoms with E-state index in [9.17, 15) is 8.60 Å². The summed E-state index contributed by atoms with van der Waals surface area (Å²) in [5.74, 6) is -0.405. The van der Waals surface area contributed by atoms with Crippen molar-refractivity contribution < 1.29 is 8.60 Å². The normalized spacial score (nSPS) is 12.5. The van der Waals surface area contributed by atoms with Gasteiger partial charge in [0.25, 0.3) is 0 Å². The third-order valence-corrected chi connectivity index (χ3v) is 4.64. The Bertz CT molecular complexity index is 978. The highest BCUT2D eigenvalue weighted by molar-refractivity contribution is 7.85. The van der Waals surface area contributed by atoms with Gasteiger partial charge in [0, 0.05) is 46.9 Å². The molecule has 1 aromatic heterocycles. The molecule has 0 spiro atoms. The van der Waals surface area contributed by atoms with Crippen LogP contribution >= 0.6 is 0 Å². The quantitative estimate of drug-likeness (QED) is 0.637. The summed E-state index contributed by atoms with van der Waals surface area (Å²) < 4.78 is 30.6. The van der Waals surface area contributed by atoms with E-state index in [1.54, 1.807) is 12.3 Å². The molecule has 0 aliphatic carbocycles. The minimum atomic E-state index is -1.14. The van der Waals surface area contributed by atoms with Gasteiger partial charge in [-0.25, -0.2) is 8.60 Å². The van der Waals surface area contributed by atoms with Gasteiger partial charge >= 0.3 is 0 Å². The molecule has 130 valence electrons. The molecule has 3 rings (SSSR count). The summed E-state index contributed by atoms with van der Waals surface area (Å²) in [4.78, 5) is 0. The van der Waals surface area contributed by atoms with Gasteiger partial charge in [0.1, 0.15) is 16.8 Å². The number of halogens is 1. The van der Waals surface area contributed by atoms with Gasteiger partial charge in [0.2, 0.25) is 0 Å². The second-order valence-electron chi connectivity index (χ2n) is 6.21. The number of rotatable bonds is 5. The summed E-state index contributed by atoms with van der Waals surface area (Å²) in [5, 5.41) is 8.23. The molecule has 3 aromatic rings. The van der Waals surface area contributed by atoms with Crippen molar-refractivity contribution in [3.63, 3.8) is 0 Å². The Labute approximate surface area is 148 Å². The largest absolute Gasteiger partial charge is 0.344 e. The van der Waals surface area contributed by atoms with Crippen LogP contribution in [0.25, 0.3) is 22.0 Å². The Balaban J connectivity index is 2.20. The van der Waals surface area contributed by atoms with Crippen molar-refractivity contribution in [3.05, 3.63) is 54.0 Å². The lowest BCUT2D eigenvalue weighted by Crippen LogP contribution is -2.02. The maximum absolute atomic E-state index is 14.1. The van der Waals surface area contributed by atoms with E-state index in [0.29, 0.717) is 0 Å². The van der Waals surface area contributed by atoms with Crippen LogP contribution in [0, 0.1) is 11.2 Å². The standard InChI is InChI=1S/C19H20FN3OS/c1-12(2)23-11-17(13-4-5-14(10-21)18(20)8-13)16-7-6-15(9-19(16)23)22-25(3)24/h4-12,21-22H,1-3H3. The van der Waals surface area contributed by atoms with Crippen LogP contribution in [0.4, 0.5) is 10.1 Å². The average molecular weight is 357 g/mol. The van der Waals surface area contributed by atoms with Gasteiger partial charge in [0.15, 0.2) is 0 Å². The number of aromatic nitrogens is 1. The Hall–Kier alpha value is -2.47. The molecule has 25 heavy (non-hydrogen) atoms. The Kier molecular flexibility index (Phi) is 4.72. The summed E-state index contributed by atoms with van der Waals surface area (Å²) in [6.07, 6.45) is 4.62.